The molecule has 1 N–H and O–H groups in total. The van der Waals surface area contributed by atoms with Crippen molar-refractivity contribution in [2.45, 2.75) is 13.3 Å². The van der Waals surface area contributed by atoms with Gasteiger partial charge in [0.25, 0.3) is 0 Å². The zero-order valence-electron chi connectivity index (χ0n) is 11.1. The van der Waals surface area contributed by atoms with E-state index in [1.165, 1.54) is 0 Å². The minimum atomic E-state index is -0.951. The van der Waals surface area contributed by atoms with Crippen LogP contribution in [-0.2, 0) is 43.9 Å². The van der Waals surface area contributed by atoms with Gasteiger partial charge in [0.2, 0.25) is 0 Å². The standard InChI is InChI=1S/C16H13O3.Y/c1-11-7-8-14(13(9-11)10-15(17)18)16(19)12-5-3-2-4-6-12;/h2-6,8-9H,10H2,1H3,(H,17,18);/q-1;. The number of aliphatic carboxylic acids is 1. The van der Waals surface area contributed by atoms with Gasteiger partial charge in [0.05, 0.1) is 0 Å². The van der Waals surface area contributed by atoms with Crippen LogP contribution in [-0.4, -0.2) is 16.9 Å². The molecule has 0 aliphatic heterocycles. The van der Waals surface area contributed by atoms with E-state index in [0.29, 0.717) is 16.7 Å². The largest absolute Gasteiger partial charge is 0.481 e. The van der Waals surface area contributed by atoms with E-state index in [-0.39, 0.29) is 44.9 Å². The van der Waals surface area contributed by atoms with Crippen molar-refractivity contribution >= 4 is 11.8 Å². The monoisotopic (exact) mass is 342 g/mol. The van der Waals surface area contributed by atoms with Crippen LogP contribution in [0.3, 0.4) is 0 Å². The van der Waals surface area contributed by atoms with Crippen LogP contribution in [0.15, 0.2) is 42.5 Å². The van der Waals surface area contributed by atoms with Crippen molar-refractivity contribution in [1.82, 2.24) is 0 Å². The third-order valence-corrected chi connectivity index (χ3v) is 2.80. The average Bonchev–Trinajstić information content (AvgIpc) is 2.38. The maximum Gasteiger partial charge on any atom is 0.305 e. The molecule has 2 aromatic rings. The average molecular weight is 342 g/mol. The molecule has 0 aromatic heterocycles. The van der Waals surface area contributed by atoms with Crippen LogP contribution in [0.5, 0.6) is 0 Å². The Bertz CT molecular complexity index is 621. The first-order valence-corrected chi connectivity index (χ1v) is 5.90. The third-order valence-electron chi connectivity index (χ3n) is 2.80. The molecular formula is C16H13O3Y-. The maximum absolute atomic E-state index is 12.3. The summed E-state index contributed by atoms with van der Waals surface area (Å²) in [5.74, 6) is -1.12. The van der Waals surface area contributed by atoms with E-state index in [9.17, 15) is 9.59 Å². The van der Waals surface area contributed by atoms with E-state index < -0.39 is 5.97 Å². The first-order chi connectivity index (χ1) is 9.08. The van der Waals surface area contributed by atoms with Crippen LogP contribution in [0.1, 0.15) is 27.0 Å². The second-order valence-electron chi connectivity index (χ2n) is 4.32. The number of carboxylic acid groups (broad SMARTS) is 1. The fraction of sp³-hybridized carbons (Fsp3) is 0.125. The summed E-state index contributed by atoms with van der Waals surface area (Å²) in [4.78, 5) is 23.2. The number of hydrogen-bond acceptors (Lipinski definition) is 2. The molecular weight excluding hydrogens is 329 g/mol. The van der Waals surface area contributed by atoms with Gasteiger partial charge >= 0.3 is 5.97 Å². The third kappa shape index (κ3) is 4.09. The Balaban J connectivity index is 0.00000200. The minimum absolute atomic E-state index is 0. The van der Waals surface area contributed by atoms with Gasteiger partial charge in [-0.25, -0.2) is 0 Å². The van der Waals surface area contributed by atoms with Crippen LogP contribution < -0.4 is 0 Å². The molecule has 1 radical (unpaired) electrons. The Morgan fingerprint density at radius 1 is 1.20 bits per heavy atom. The molecule has 0 atom stereocenters. The normalized spacial score (nSPS) is 9.65. The molecule has 0 unspecified atom stereocenters. The molecule has 0 saturated carbocycles. The number of hydrogen-bond donors (Lipinski definition) is 1. The predicted molar refractivity (Wildman–Crippen MR) is 71.2 cm³/mol. The zero-order valence-corrected chi connectivity index (χ0v) is 13.9. The molecule has 2 aromatic carbocycles. The topological polar surface area (TPSA) is 54.4 Å². The van der Waals surface area contributed by atoms with Crippen molar-refractivity contribution in [1.29, 1.82) is 0 Å². The van der Waals surface area contributed by atoms with Crippen molar-refractivity contribution in [3.05, 3.63) is 70.8 Å². The van der Waals surface area contributed by atoms with Crippen LogP contribution in [0.2, 0.25) is 0 Å². The van der Waals surface area contributed by atoms with Gasteiger partial charge in [-0.3, -0.25) is 4.79 Å². The number of carbonyl (C=O) groups excluding carboxylic acids is 1. The summed E-state index contributed by atoms with van der Waals surface area (Å²) in [5.41, 5.74) is 2.30. The van der Waals surface area contributed by atoms with E-state index in [1.54, 1.807) is 36.4 Å². The summed E-state index contributed by atoms with van der Waals surface area (Å²) in [6.07, 6.45) is -0.163. The Morgan fingerprint density at radius 2 is 1.85 bits per heavy atom. The summed E-state index contributed by atoms with van der Waals surface area (Å²) in [5, 5.41) is 8.91. The van der Waals surface area contributed by atoms with Crippen molar-refractivity contribution in [3.8, 4) is 0 Å². The minimum Gasteiger partial charge on any atom is -0.481 e. The molecule has 0 spiro atoms. The number of carbonyl (C=O) groups is 2. The number of ketones is 1. The number of rotatable bonds is 4. The van der Waals surface area contributed by atoms with Crippen LogP contribution >= 0.6 is 0 Å². The Kier molecular flexibility index (Phi) is 6.24. The number of aryl methyl sites for hydroxylation is 1. The molecule has 0 aliphatic carbocycles. The van der Waals surface area contributed by atoms with Crippen LogP contribution in [0.25, 0.3) is 0 Å². The van der Waals surface area contributed by atoms with Crippen molar-refractivity contribution < 1.29 is 47.4 Å². The maximum atomic E-state index is 12.3. The SMILES string of the molecule is Cc1[c-]cc(C(=O)c2ccccc2)c(CC(=O)O)c1.[Y]. The van der Waals surface area contributed by atoms with Gasteiger partial charge < -0.3 is 9.90 Å². The molecule has 0 aliphatic rings. The van der Waals surface area contributed by atoms with Crippen LogP contribution in [0.4, 0.5) is 0 Å². The summed E-state index contributed by atoms with van der Waals surface area (Å²) in [7, 11) is 0. The molecule has 0 saturated heterocycles. The molecule has 4 heteroatoms. The molecule has 0 fully saturated rings. The van der Waals surface area contributed by atoms with E-state index in [1.807, 2.05) is 13.0 Å². The van der Waals surface area contributed by atoms with Gasteiger partial charge in [0.1, 0.15) is 5.78 Å². The number of benzene rings is 2. The molecule has 0 heterocycles. The fourth-order valence-electron chi connectivity index (χ4n) is 1.93. The van der Waals surface area contributed by atoms with Gasteiger partial charge in [0.15, 0.2) is 0 Å². The van der Waals surface area contributed by atoms with E-state index in [4.69, 9.17) is 5.11 Å². The van der Waals surface area contributed by atoms with E-state index in [0.717, 1.165) is 5.56 Å². The summed E-state index contributed by atoms with van der Waals surface area (Å²) in [6, 6.07) is 15.0. The number of carboxylic acids is 1. The summed E-state index contributed by atoms with van der Waals surface area (Å²) >= 11 is 0. The van der Waals surface area contributed by atoms with E-state index in [2.05, 4.69) is 6.07 Å². The Labute approximate surface area is 142 Å². The Morgan fingerprint density at radius 3 is 2.45 bits per heavy atom. The quantitative estimate of drug-likeness (QED) is 0.687. The van der Waals surface area contributed by atoms with Crippen LogP contribution in [0, 0.1) is 13.0 Å². The fourth-order valence-corrected chi connectivity index (χ4v) is 1.93. The van der Waals surface area contributed by atoms with Gasteiger partial charge in [-0.15, -0.1) is 5.56 Å². The second kappa shape index (κ2) is 7.46. The molecule has 20 heavy (non-hydrogen) atoms. The molecule has 0 amide bonds. The van der Waals surface area contributed by atoms with Gasteiger partial charge in [-0.2, -0.15) is 23.8 Å². The first kappa shape index (κ1) is 16.7. The van der Waals surface area contributed by atoms with Gasteiger partial charge in [-0.05, 0) is 0 Å². The van der Waals surface area contributed by atoms with Crippen molar-refractivity contribution in [3.63, 3.8) is 0 Å². The molecule has 3 nitrogen and oxygen atoms in total. The van der Waals surface area contributed by atoms with Gasteiger partial charge in [0, 0.05) is 44.7 Å². The second-order valence-corrected chi connectivity index (χ2v) is 4.32. The molecule has 2 rings (SSSR count). The summed E-state index contributed by atoms with van der Waals surface area (Å²) in [6.45, 7) is 1.82. The van der Waals surface area contributed by atoms with Crippen molar-refractivity contribution in [2.24, 2.45) is 0 Å². The summed E-state index contributed by atoms with van der Waals surface area (Å²) < 4.78 is 0. The zero-order chi connectivity index (χ0) is 13.8. The van der Waals surface area contributed by atoms with Gasteiger partial charge in [-0.1, -0.05) is 42.8 Å². The first-order valence-electron chi connectivity index (χ1n) is 5.90. The Hall–Kier alpha value is -1.32. The predicted octanol–water partition coefficient (Wildman–Crippen LogP) is 2.65. The smallest absolute Gasteiger partial charge is 0.305 e. The molecule has 99 valence electrons. The van der Waals surface area contributed by atoms with Crippen molar-refractivity contribution in [2.75, 3.05) is 0 Å². The molecule has 0 bridgehead atoms. The van der Waals surface area contributed by atoms with E-state index >= 15 is 0 Å².